The maximum atomic E-state index is 11.5. The van der Waals surface area contributed by atoms with Crippen molar-refractivity contribution in [3.8, 4) is 0 Å². The minimum atomic E-state index is -1.16. The first-order valence-electron chi connectivity index (χ1n) is 6.26. The van der Waals surface area contributed by atoms with Gasteiger partial charge in [-0.05, 0) is 40.2 Å². The molecule has 8 nitrogen and oxygen atoms in total. The average molecular weight is 290 g/mol. The summed E-state index contributed by atoms with van der Waals surface area (Å²) in [6.45, 7) is 5.21. The van der Waals surface area contributed by atoms with E-state index in [0.717, 1.165) is 0 Å². The van der Waals surface area contributed by atoms with Crippen LogP contribution in [0.25, 0.3) is 0 Å². The maximum absolute atomic E-state index is 11.5. The number of nitrogens with one attached hydrogen (secondary N) is 2. The van der Waals surface area contributed by atoms with Crippen LogP contribution in [-0.2, 0) is 14.3 Å². The fourth-order valence-corrected chi connectivity index (χ4v) is 1.33. The Morgan fingerprint density at radius 2 is 1.80 bits per heavy atom. The van der Waals surface area contributed by atoms with Crippen LogP contribution in [0.15, 0.2) is 0 Å². The molecule has 0 aliphatic heterocycles. The number of carboxylic acid groups (broad SMARTS) is 2. The lowest BCUT2D eigenvalue weighted by atomic mass is 10.1. The summed E-state index contributed by atoms with van der Waals surface area (Å²) in [6, 6.07) is -1.06. The first-order chi connectivity index (χ1) is 9.11. The Balaban J connectivity index is 4.08. The summed E-state index contributed by atoms with van der Waals surface area (Å²) in [5.74, 6) is -2.14. The Morgan fingerprint density at radius 1 is 1.20 bits per heavy atom. The van der Waals surface area contributed by atoms with E-state index >= 15 is 0 Å². The van der Waals surface area contributed by atoms with Crippen LogP contribution < -0.4 is 10.6 Å². The smallest absolute Gasteiger partial charge is 0.408 e. The molecule has 0 rings (SSSR count). The number of hydrogen-bond donors (Lipinski definition) is 4. The fraction of sp³-hybridized carbons (Fsp3) is 0.750. The lowest BCUT2D eigenvalue weighted by Crippen LogP contribution is -2.43. The molecule has 0 radical (unpaired) electrons. The van der Waals surface area contributed by atoms with E-state index < -0.39 is 29.7 Å². The standard InChI is InChI=1S/C12H22N2O6/c1-12(2,3)20-11(19)14-8(10(17)18)5-4-6-13-7-9(15)16/h8,13H,4-7H2,1-3H3,(H,14,19)(H,15,16)(H,17,18)/t8-/m1/s1. The van der Waals surface area contributed by atoms with Crippen molar-refractivity contribution in [2.45, 2.75) is 45.3 Å². The zero-order valence-electron chi connectivity index (χ0n) is 11.9. The number of hydrogen-bond acceptors (Lipinski definition) is 5. The van der Waals surface area contributed by atoms with Crippen molar-refractivity contribution in [3.63, 3.8) is 0 Å². The van der Waals surface area contributed by atoms with Crippen molar-refractivity contribution in [1.82, 2.24) is 10.6 Å². The number of carboxylic acids is 2. The number of aliphatic carboxylic acids is 2. The molecule has 0 aromatic heterocycles. The highest BCUT2D eigenvalue weighted by Crippen LogP contribution is 2.07. The minimum Gasteiger partial charge on any atom is -0.480 e. The van der Waals surface area contributed by atoms with Gasteiger partial charge in [-0.1, -0.05) is 0 Å². The highest BCUT2D eigenvalue weighted by Gasteiger charge is 2.23. The summed E-state index contributed by atoms with van der Waals surface area (Å²) >= 11 is 0. The van der Waals surface area contributed by atoms with Crippen molar-refractivity contribution >= 4 is 18.0 Å². The molecular formula is C12H22N2O6. The van der Waals surface area contributed by atoms with Gasteiger partial charge in [0.05, 0.1) is 6.54 Å². The molecule has 20 heavy (non-hydrogen) atoms. The van der Waals surface area contributed by atoms with E-state index in [1.54, 1.807) is 20.8 Å². The molecule has 1 atom stereocenters. The largest absolute Gasteiger partial charge is 0.480 e. The molecule has 1 amide bonds. The van der Waals surface area contributed by atoms with Crippen LogP contribution in [-0.4, -0.2) is 53.0 Å². The van der Waals surface area contributed by atoms with Gasteiger partial charge >= 0.3 is 18.0 Å². The SMILES string of the molecule is CC(C)(C)OC(=O)N[C@H](CCCNCC(=O)O)C(=O)O. The van der Waals surface area contributed by atoms with Crippen molar-refractivity contribution < 1.29 is 29.3 Å². The first-order valence-corrected chi connectivity index (χ1v) is 6.26. The van der Waals surface area contributed by atoms with E-state index in [1.165, 1.54) is 0 Å². The van der Waals surface area contributed by atoms with Crippen LogP contribution in [0.5, 0.6) is 0 Å². The minimum absolute atomic E-state index is 0.182. The molecule has 0 spiro atoms. The van der Waals surface area contributed by atoms with Gasteiger partial charge in [0.25, 0.3) is 0 Å². The Labute approximate surface area is 117 Å². The number of rotatable bonds is 8. The molecule has 0 aliphatic rings. The Morgan fingerprint density at radius 3 is 2.25 bits per heavy atom. The average Bonchev–Trinajstić information content (AvgIpc) is 2.23. The second-order valence-electron chi connectivity index (χ2n) is 5.25. The second kappa shape index (κ2) is 8.36. The third kappa shape index (κ3) is 10.1. The first kappa shape index (κ1) is 18.2. The summed E-state index contributed by atoms with van der Waals surface area (Å²) < 4.78 is 4.97. The third-order valence-electron chi connectivity index (χ3n) is 2.11. The predicted molar refractivity (Wildman–Crippen MR) is 70.5 cm³/mol. The summed E-state index contributed by atoms with van der Waals surface area (Å²) in [5, 5.41) is 22.3. The number of carbonyl (C=O) groups is 3. The molecule has 4 N–H and O–H groups in total. The van der Waals surface area contributed by atoms with Crippen molar-refractivity contribution in [1.29, 1.82) is 0 Å². The Hall–Kier alpha value is -1.83. The molecule has 116 valence electrons. The van der Waals surface area contributed by atoms with Gasteiger partial charge in [0.15, 0.2) is 0 Å². The summed E-state index contributed by atoms with van der Waals surface area (Å²) in [4.78, 5) is 32.7. The van der Waals surface area contributed by atoms with Crippen molar-refractivity contribution in [3.05, 3.63) is 0 Å². The topological polar surface area (TPSA) is 125 Å². The molecule has 0 aromatic carbocycles. The van der Waals surface area contributed by atoms with Crippen LogP contribution >= 0.6 is 0 Å². The van der Waals surface area contributed by atoms with Gasteiger partial charge in [0.1, 0.15) is 11.6 Å². The lowest BCUT2D eigenvalue weighted by Gasteiger charge is -2.22. The van der Waals surface area contributed by atoms with Gasteiger partial charge in [-0.25, -0.2) is 9.59 Å². The number of ether oxygens (including phenoxy) is 1. The molecule has 0 heterocycles. The van der Waals surface area contributed by atoms with E-state index in [1.807, 2.05) is 0 Å². The molecule has 0 saturated carbocycles. The zero-order chi connectivity index (χ0) is 15.8. The normalized spacial score (nSPS) is 12.6. The predicted octanol–water partition coefficient (Wildman–Crippen LogP) is 0.419. The van der Waals surface area contributed by atoms with Crippen LogP contribution in [0.4, 0.5) is 4.79 Å². The van der Waals surface area contributed by atoms with Crippen molar-refractivity contribution in [2.24, 2.45) is 0 Å². The Bertz CT molecular complexity index is 350. The molecule has 0 saturated heterocycles. The highest BCUT2D eigenvalue weighted by molar-refractivity contribution is 5.79. The van der Waals surface area contributed by atoms with Gasteiger partial charge in [-0.3, -0.25) is 4.79 Å². The van der Waals surface area contributed by atoms with Crippen LogP contribution in [0.1, 0.15) is 33.6 Å². The number of amides is 1. The second-order valence-corrected chi connectivity index (χ2v) is 5.25. The monoisotopic (exact) mass is 290 g/mol. The number of carbonyl (C=O) groups excluding carboxylic acids is 1. The maximum Gasteiger partial charge on any atom is 0.408 e. The van der Waals surface area contributed by atoms with Gasteiger partial charge in [0.2, 0.25) is 0 Å². The fourth-order valence-electron chi connectivity index (χ4n) is 1.33. The van der Waals surface area contributed by atoms with Gasteiger partial charge in [-0.15, -0.1) is 0 Å². The highest BCUT2D eigenvalue weighted by atomic mass is 16.6. The lowest BCUT2D eigenvalue weighted by molar-refractivity contribution is -0.140. The number of alkyl carbamates (subject to hydrolysis) is 1. The summed E-state index contributed by atoms with van der Waals surface area (Å²) in [7, 11) is 0. The van der Waals surface area contributed by atoms with E-state index in [0.29, 0.717) is 13.0 Å². The summed E-state index contributed by atoms with van der Waals surface area (Å²) in [5.41, 5.74) is -0.698. The molecule has 8 heteroatoms. The van der Waals surface area contributed by atoms with Gasteiger partial charge < -0.3 is 25.6 Å². The van der Waals surface area contributed by atoms with E-state index in [-0.39, 0.29) is 13.0 Å². The van der Waals surface area contributed by atoms with Crippen molar-refractivity contribution in [2.75, 3.05) is 13.1 Å². The van der Waals surface area contributed by atoms with Crippen LogP contribution in [0.2, 0.25) is 0 Å². The van der Waals surface area contributed by atoms with E-state index in [4.69, 9.17) is 14.9 Å². The van der Waals surface area contributed by atoms with E-state index in [2.05, 4.69) is 10.6 Å². The zero-order valence-corrected chi connectivity index (χ0v) is 11.9. The van der Waals surface area contributed by atoms with E-state index in [9.17, 15) is 14.4 Å². The van der Waals surface area contributed by atoms with Crippen LogP contribution in [0, 0.1) is 0 Å². The van der Waals surface area contributed by atoms with Crippen LogP contribution in [0.3, 0.4) is 0 Å². The molecule has 0 aromatic rings. The summed E-state index contributed by atoms with van der Waals surface area (Å²) in [6.07, 6.45) is -0.190. The molecule has 0 aliphatic carbocycles. The molecule has 0 bridgehead atoms. The Kier molecular flexibility index (Phi) is 7.60. The van der Waals surface area contributed by atoms with Gasteiger partial charge in [0, 0.05) is 0 Å². The van der Waals surface area contributed by atoms with Gasteiger partial charge in [-0.2, -0.15) is 0 Å². The molecule has 0 fully saturated rings. The third-order valence-corrected chi connectivity index (χ3v) is 2.11. The molecule has 0 unspecified atom stereocenters. The molecular weight excluding hydrogens is 268 g/mol. The quantitative estimate of drug-likeness (QED) is 0.477.